The van der Waals surface area contributed by atoms with Crippen molar-refractivity contribution in [2.24, 2.45) is 46.3 Å². The number of carbonyl (C=O) groups is 1. The minimum atomic E-state index is -0.655. The smallest absolute Gasteiger partial charge is 0.293 e. The molecular formula is C24H43B3O3. The van der Waals surface area contributed by atoms with E-state index in [2.05, 4.69) is 28.6 Å². The highest BCUT2D eigenvalue weighted by Gasteiger charge is 2.61. The highest BCUT2D eigenvalue weighted by molar-refractivity contribution is 6.49. The highest BCUT2D eigenvalue weighted by Crippen LogP contribution is 2.69. The fourth-order valence-corrected chi connectivity index (χ4v) is 9.44. The number of carboxylic acids is 1. The molecule has 0 aliphatic heterocycles. The topological polar surface area (TPSA) is 57.5 Å². The first kappa shape index (κ1) is 22.8. The molecule has 0 spiro atoms. The fourth-order valence-electron chi connectivity index (χ4n) is 9.44. The summed E-state index contributed by atoms with van der Waals surface area (Å²) >= 11 is 0. The molecular weight excluding hydrogens is 369 g/mol. The van der Waals surface area contributed by atoms with Gasteiger partial charge in [0.25, 0.3) is 5.97 Å². The molecule has 4 aliphatic rings. The van der Waals surface area contributed by atoms with Crippen LogP contribution in [0.4, 0.5) is 0 Å². The fraction of sp³-hybridized carbons (Fsp3) is 0.958. The number of hydrogen-bond acceptors (Lipinski definition) is 2. The molecule has 30 heavy (non-hydrogen) atoms. The Morgan fingerprint density at radius 3 is 2.37 bits per heavy atom. The van der Waals surface area contributed by atoms with Gasteiger partial charge < -0.3 is 10.2 Å². The summed E-state index contributed by atoms with van der Waals surface area (Å²) < 4.78 is 0. The Morgan fingerprint density at radius 1 is 1.03 bits per heavy atom. The Kier molecular flexibility index (Phi) is 5.57. The Bertz CT molecular complexity index is 695. The lowest BCUT2D eigenvalue weighted by atomic mass is 9.42. The van der Waals surface area contributed by atoms with Crippen LogP contribution >= 0.6 is 0 Å². The first-order valence-electron chi connectivity index (χ1n) is 12.8. The summed E-state index contributed by atoms with van der Waals surface area (Å²) in [5.41, 5.74) is 0.352. The summed E-state index contributed by atoms with van der Waals surface area (Å²) in [6, 6.07) is 0. The van der Waals surface area contributed by atoms with Gasteiger partial charge in [-0.25, -0.2) is 0 Å². The number of hydrogen-bond donors (Lipinski definition) is 2. The van der Waals surface area contributed by atoms with E-state index in [1.54, 1.807) is 0 Å². The van der Waals surface area contributed by atoms with Gasteiger partial charge in [-0.05, 0) is 111 Å². The zero-order valence-electron chi connectivity index (χ0n) is 20.3. The SMILES string of the molecule is BC(B)(C[C@@H](C)[C@H]1CC[C@H]2[C@@H]3CC[C@@H]4C[C@@](B)(O)CC[C@]4(C)[C@H]3CC[C@]12C)C(=O)O. The first-order chi connectivity index (χ1) is 13.8. The molecule has 6 heteroatoms. The highest BCUT2D eigenvalue weighted by atomic mass is 16.4. The molecule has 2 N–H and O–H groups in total. The molecule has 0 heterocycles. The van der Waals surface area contributed by atoms with Gasteiger partial charge in [0.05, 0.1) is 0 Å². The summed E-state index contributed by atoms with van der Waals surface area (Å²) in [7, 11) is 5.85. The van der Waals surface area contributed by atoms with E-state index in [1.807, 2.05) is 15.7 Å². The van der Waals surface area contributed by atoms with Crippen LogP contribution in [0.1, 0.15) is 85.0 Å². The summed E-state index contributed by atoms with van der Waals surface area (Å²) in [6.07, 6.45) is 11.9. The summed E-state index contributed by atoms with van der Waals surface area (Å²) in [4.78, 5) is 11.7. The molecule has 9 atom stereocenters. The number of aliphatic hydroxyl groups is 1. The molecule has 0 unspecified atom stereocenters. The van der Waals surface area contributed by atoms with E-state index >= 15 is 0 Å². The van der Waals surface area contributed by atoms with E-state index in [9.17, 15) is 15.0 Å². The molecule has 4 rings (SSSR count). The normalized spacial score (nSPS) is 49.5. The van der Waals surface area contributed by atoms with E-state index in [0.717, 1.165) is 37.0 Å². The van der Waals surface area contributed by atoms with E-state index in [0.29, 0.717) is 28.6 Å². The van der Waals surface area contributed by atoms with E-state index in [-0.39, 0.29) is 0 Å². The van der Waals surface area contributed by atoms with Gasteiger partial charge in [-0.1, -0.05) is 20.8 Å². The Balaban J connectivity index is 1.52. The van der Waals surface area contributed by atoms with Gasteiger partial charge in [-0.3, -0.25) is 4.79 Å². The second-order valence-corrected chi connectivity index (χ2v) is 13.5. The largest absolute Gasteiger partial charge is 0.482 e. The zero-order valence-corrected chi connectivity index (χ0v) is 20.3. The molecule has 0 aromatic carbocycles. The minimum Gasteiger partial charge on any atom is -0.482 e. The van der Waals surface area contributed by atoms with Crippen molar-refractivity contribution in [1.29, 1.82) is 0 Å². The van der Waals surface area contributed by atoms with Crippen molar-refractivity contribution >= 4 is 29.5 Å². The van der Waals surface area contributed by atoms with Crippen LogP contribution < -0.4 is 0 Å². The van der Waals surface area contributed by atoms with Crippen LogP contribution in [-0.4, -0.2) is 45.2 Å². The second kappa shape index (κ2) is 7.32. The van der Waals surface area contributed by atoms with Gasteiger partial charge in [0, 0.05) is 10.7 Å². The summed E-state index contributed by atoms with van der Waals surface area (Å²) in [5, 5.41) is 19.7. The first-order valence-corrected chi connectivity index (χ1v) is 12.8. The van der Waals surface area contributed by atoms with Crippen molar-refractivity contribution in [3.05, 3.63) is 0 Å². The molecule has 4 saturated carbocycles. The van der Waals surface area contributed by atoms with Crippen LogP contribution in [0.25, 0.3) is 0 Å². The maximum absolute atomic E-state index is 11.7. The Morgan fingerprint density at radius 2 is 1.70 bits per heavy atom. The molecule has 0 aromatic heterocycles. The predicted octanol–water partition coefficient (Wildman–Crippen LogP) is 2.46. The van der Waals surface area contributed by atoms with Gasteiger partial charge in [-0.2, -0.15) is 0 Å². The quantitative estimate of drug-likeness (QED) is 0.698. The van der Waals surface area contributed by atoms with Crippen molar-refractivity contribution in [2.75, 3.05) is 0 Å². The second-order valence-electron chi connectivity index (χ2n) is 13.5. The van der Waals surface area contributed by atoms with Crippen molar-refractivity contribution < 1.29 is 15.0 Å². The van der Waals surface area contributed by atoms with Crippen LogP contribution in [0.15, 0.2) is 0 Å². The molecule has 0 radical (unpaired) electrons. The lowest BCUT2D eigenvalue weighted by molar-refractivity contribution is -0.140. The molecule has 0 saturated heterocycles. The summed E-state index contributed by atoms with van der Waals surface area (Å²) in [6.45, 7) is 7.46. The van der Waals surface area contributed by atoms with Crippen molar-refractivity contribution in [3.8, 4) is 0 Å². The molecule has 0 bridgehead atoms. The average molecular weight is 412 g/mol. The van der Waals surface area contributed by atoms with Crippen LogP contribution in [0.5, 0.6) is 0 Å². The third-order valence-corrected chi connectivity index (χ3v) is 11.1. The average Bonchev–Trinajstić information content (AvgIpc) is 2.99. The molecule has 3 nitrogen and oxygen atoms in total. The van der Waals surface area contributed by atoms with Crippen molar-refractivity contribution in [2.45, 2.75) is 95.7 Å². The lowest BCUT2D eigenvalue weighted by Crippen LogP contribution is -2.56. The summed E-state index contributed by atoms with van der Waals surface area (Å²) in [5.74, 6) is 3.67. The van der Waals surface area contributed by atoms with Gasteiger partial charge in [0.2, 0.25) is 0 Å². The van der Waals surface area contributed by atoms with Crippen LogP contribution in [0, 0.1) is 46.3 Å². The third-order valence-electron chi connectivity index (χ3n) is 11.1. The lowest BCUT2D eigenvalue weighted by Gasteiger charge is -2.62. The molecule has 4 aliphatic carbocycles. The van der Waals surface area contributed by atoms with Crippen molar-refractivity contribution in [1.82, 2.24) is 0 Å². The molecule has 0 amide bonds. The number of rotatable bonds is 4. The maximum atomic E-state index is 11.7. The number of aliphatic carboxylic acids is 1. The molecule has 4 fully saturated rings. The Labute approximate surface area is 186 Å². The van der Waals surface area contributed by atoms with E-state index in [1.165, 1.54) is 44.9 Å². The monoisotopic (exact) mass is 412 g/mol. The van der Waals surface area contributed by atoms with Gasteiger partial charge in [0.1, 0.15) is 23.5 Å². The van der Waals surface area contributed by atoms with Gasteiger partial charge in [-0.15, -0.1) is 0 Å². The number of fused-ring (bicyclic) bond motifs is 5. The van der Waals surface area contributed by atoms with Gasteiger partial charge >= 0.3 is 0 Å². The van der Waals surface area contributed by atoms with Crippen LogP contribution in [-0.2, 0) is 4.79 Å². The predicted molar refractivity (Wildman–Crippen MR) is 130 cm³/mol. The van der Waals surface area contributed by atoms with Gasteiger partial charge in [0.15, 0.2) is 0 Å². The van der Waals surface area contributed by atoms with E-state index in [4.69, 9.17) is 0 Å². The third kappa shape index (κ3) is 3.52. The number of carboxylic acid groups (broad SMARTS) is 1. The zero-order chi connectivity index (χ0) is 22.1. The maximum Gasteiger partial charge on any atom is 0.293 e. The van der Waals surface area contributed by atoms with Crippen molar-refractivity contribution in [3.63, 3.8) is 0 Å². The Hall–Kier alpha value is -0.375. The standard InChI is InChI=1S/C24H43B3O3/c1-14(12-24(26,27)20(28)29)17-6-7-18-16-5-4-15-13-23(25,30)11-10-21(15,2)19(16)8-9-22(17,18)3/h14-19,30H,4-13,25-27H2,1-3H3,(H,28,29)/t14-,15-,16+,17-,18+,19+,21+,22-,23+/m1/s1. The van der Waals surface area contributed by atoms with Crippen LogP contribution in [0.2, 0.25) is 5.21 Å². The molecule has 166 valence electrons. The minimum absolute atomic E-state index is 0.387. The molecule has 0 aromatic rings. The van der Waals surface area contributed by atoms with Crippen LogP contribution in [0.3, 0.4) is 0 Å². The van der Waals surface area contributed by atoms with E-state index < -0.39 is 16.7 Å².